The van der Waals surface area contributed by atoms with E-state index >= 15 is 0 Å². The summed E-state index contributed by atoms with van der Waals surface area (Å²) in [7, 11) is 0. The van der Waals surface area contributed by atoms with Crippen LogP contribution in [0.1, 0.15) is 49.4 Å². The fourth-order valence-corrected chi connectivity index (χ4v) is 7.24. The molecule has 10 heteroatoms. The molecule has 0 fully saturated rings. The molecule has 45 heavy (non-hydrogen) atoms. The first-order valence-corrected chi connectivity index (χ1v) is 16.5. The fraction of sp³-hybridized carbons (Fsp3) is 0.229. The summed E-state index contributed by atoms with van der Waals surface area (Å²) >= 11 is 4.85. The van der Waals surface area contributed by atoms with Crippen molar-refractivity contribution in [2.75, 3.05) is 13.4 Å². The molecule has 0 saturated carbocycles. The largest absolute Gasteiger partial charge is 0.463 e. The van der Waals surface area contributed by atoms with Gasteiger partial charge in [0.25, 0.3) is 5.56 Å². The number of hydrogen-bond acceptors (Lipinski definition) is 7. The number of ether oxygens (including phenoxy) is 3. The van der Waals surface area contributed by atoms with E-state index < -0.39 is 12.0 Å². The SMILES string of the molecule is CCCC1=C(C(=O)OCC)[C@@H](c2ccc3c(c2)OCO3)n2c(s/c(=C/c3cn(Cc4ccc(Br)cc4)c4ccccc34)c2=O)=N1. The van der Waals surface area contributed by atoms with Gasteiger partial charge in [-0.05, 0) is 60.9 Å². The smallest absolute Gasteiger partial charge is 0.338 e. The van der Waals surface area contributed by atoms with Crippen LogP contribution in [0.25, 0.3) is 17.0 Å². The van der Waals surface area contributed by atoms with Gasteiger partial charge in [0.05, 0.1) is 28.5 Å². The highest BCUT2D eigenvalue weighted by atomic mass is 79.9. The number of benzene rings is 3. The van der Waals surface area contributed by atoms with Crippen molar-refractivity contribution >= 4 is 50.2 Å². The minimum atomic E-state index is -0.725. The summed E-state index contributed by atoms with van der Waals surface area (Å²) in [5.74, 6) is 0.726. The molecule has 0 bridgehead atoms. The average molecular weight is 685 g/mol. The van der Waals surface area contributed by atoms with Gasteiger partial charge in [0.2, 0.25) is 6.79 Å². The molecule has 0 aliphatic carbocycles. The lowest BCUT2D eigenvalue weighted by Gasteiger charge is -2.25. The number of carbonyl (C=O) groups excluding carboxylic acids is 1. The van der Waals surface area contributed by atoms with Crippen LogP contribution in [0, 0.1) is 0 Å². The molecule has 0 amide bonds. The molecule has 1 atom stereocenters. The Balaban J connectivity index is 1.40. The standard InChI is InChI=1S/C35H30BrN3O5S/c1-3-7-26-31(34(41)42-4-2)32(22-12-15-28-29(16-22)44-20-43-28)39-33(40)30(45-35(39)37-26)17-23-19-38(27-9-6-5-8-25(23)27)18-21-10-13-24(36)14-11-21/h5-6,8-17,19,32H,3-4,7,18,20H2,1-2H3/b30-17+/t32-/m1/s1. The predicted octanol–water partition coefficient (Wildman–Crippen LogP) is 6.07. The topological polar surface area (TPSA) is 84.0 Å². The zero-order valence-electron chi connectivity index (χ0n) is 24.8. The number of thiazole rings is 1. The van der Waals surface area contributed by atoms with Crippen LogP contribution in [-0.2, 0) is 16.1 Å². The Bertz CT molecular complexity index is 2160. The molecule has 0 radical (unpaired) electrons. The number of halogens is 1. The number of esters is 1. The van der Waals surface area contributed by atoms with Crippen molar-refractivity contribution in [1.29, 1.82) is 0 Å². The first-order valence-electron chi connectivity index (χ1n) is 14.9. The van der Waals surface area contributed by atoms with Crippen molar-refractivity contribution in [3.8, 4) is 11.5 Å². The van der Waals surface area contributed by atoms with Crippen LogP contribution in [0.15, 0.2) is 98.5 Å². The van der Waals surface area contributed by atoms with E-state index in [1.807, 2.05) is 55.5 Å². The molecule has 7 rings (SSSR count). The second-order valence-electron chi connectivity index (χ2n) is 10.9. The van der Waals surface area contributed by atoms with Gasteiger partial charge in [-0.15, -0.1) is 0 Å². The molecule has 5 aromatic rings. The fourth-order valence-electron chi connectivity index (χ4n) is 5.97. The van der Waals surface area contributed by atoms with Crippen molar-refractivity contribution in [2.45, 2.75) is 39.3 Å². The number of para-hydroxylation sites is 1. The lowest BCUT2D eigenvalue weighted by molar-refractivity contribution is -0.139. The molecule has 0 unspecified atom stereocenters. The van der Waals surface area contributed by atoms with E-state index in [4.69, 9.17) is 19.2 Å². The maximum absolute atomic E-state index is 14.3. The number of nitrogens with zero attached hydrogens (tertiary/aromatic N) is 3. The van der Waals surface area contributed by atoms with Gasteiger partial charge in [0.15, 0.2) is 16.3 Å². The molecular weight excluding hydrogens is 654 g/mol. The molecule has 0 saturated heterocycles. The van der Waals surface area contributed by atoms with Crippen molar-refractivity contribution < 1.29 is 19.0 Å². The van der Waals surface area contributed by atoms with E-state index in [2.05, 4.69) is 51.0 Å². The van der Waals surface area contributed by atoms with Gasteiger partial charge in [0.1, 0.15) is 0 Å². The highest BCUT2D eigenvalue weighted by molar-refractivity contribution is 9.10. The Labute approximate surface area is 271 Å². The van der Waals surface area contributed by atoms with E-state index in [1.165, 1.54) is 16.9 Å². The van der Waals surface area contributed by atoms with Gasteiger partial charge >= 0.3 is 5.97 Å². The van der Waals surface area contributed by atoms with E-state index in [0.717, 1.165) is 32.9 Å². The van der Waals surface area contributed by atoms with Gasteiger partial charge in [-0.3, -0.25) is 9.36 Å². The average Bonchev–Trinajstić information content (AvgIpc) is 3.74. The quantitative estimate of drug-likeness (QED) is 0.185. The van der Waals surface area contributed by atoms with Crippen LogP contribution >= 0.6 is 27.3 Å². The number of hydrogen-bond donors (Lipinski definition) is 0. The first-order chi connectivity index (χ1) is 21.9. The lowest BCUT2D eigenvalue weighted by Crippen LogP contribution is -2.40. The Kier molecular flexibility index (Phi) is 7.93. The highest BCUT2D eigenvalue weighted by Crippen LogP contribution is 2.39. The second kappa shape index (κ2) is 12.2. The molecule has 2 aromatic heterocycles. The summed E-state index contributed by atoms with van der Waals surface area (Å²) in [5.41, 5.74) is 4.70. The summed E-state index contributed by atoms with van der Waals surface area (Å²) in [4.78, 5) is 33.3. The van der Waals surface area contributed by atoms with Crippen molar-refractivity contribution in [3.05, 3.63) is 125 Å². The van der Waals surface area contributed by atoms with E-state index in [-0.39, 0.29) is 19.0 Å². The lowest BCUT2D eigenvalue weighted by atomic mass is 9.94. The maximum Gasteiger partial charge on any atom is 0.338 e. The summed E-state index contributed by atoms with van der Waals surface area (Å²) < 4.78 is 22.1. The molecule has 4 heterocycles. The predicted molar refractivity (Wildman–Crippen MR) is 177 cm³/mol. The van der Waals surface area contributed by atoms with Crippen LogP contribution in [-0.4, -0.2) is 28.5 Å². The van der Waals surface area contributed by atoms with Gasteiger partial charge in [-0.25, -0.2) is 9.79 Å². The van der Waals surface area contributed by atoms with Crippen molar-refractivity contribution in [3.63, 3.8) is 0 Å². The van der Waals surface area contributed by atoms with E-state index in [0.29, 0.717) is 45.1 Å². The normalized spacial score (nSPS) is 15.8. The number of allylic oxidation sites excluding steroid dienone is 1. The van der Waals surface area contributed by atoms with Gasteiger partial charge < -0.3 is 18.8 Å². The minimum absolute atomic E-state index is 0.124. The number of aromatic nitrogens is 2. The van der Waals surface area contributed by atoms with Crippen LogP contribution in [0.4, 0.5) is 0 Å². The second-order valence-corrected chi connectivity index (χ2v) is 12.8. The van der Waals surface area contributed by atoms with Crippen LogP contribution < -0.4 is 24.4 Å². The Morgan fingerprint density at radius 2 is 1.89 bits per heavy atom. The molecule has 228 valence electrons. The molecule has 0 spiro atoms. The third-order valence-corrected chi connectivity index (χ3v) is 9.49. The minimum Gasteiger partial charge on any atom is -0.463 e. The zero-order valence-corrected chi connectivity index (χ0v) is 27.2. The molecule has 8 nitrogen and oxygen atoms in total. The summed E-state index contributed by atoms with van der Waals surface area (Å²) in [6.45, 7) is 4.84. The Morgan fingerprint density at radius 1 is 1.09 bits per heavy atom. The van der Waals surface area contributed by atoms with Gasteiger partial charge in [-0.1, -0.05) is 77.0 Å². The van der Waals surface area contributed by atoms with E-state index in [1.54, 1.807) is 11.5 Å². The molecule has 2 aliphatic heterocycles. The molecule has 0 N–H and O–H groups in total. The van der Waals surface area contributed by atoms with Crippen LogP contribution in [0.2, 0.25) is 0 Å². The van der Waals surface area contributed by atoms with Gasteiger partial charge in [-0.2, -0.15) is 0 Å². The number of carbonyl (C=O) groups is 1. The molecule has 2 aliphatic rings. The van der Waals surface area contributed by atoms with E-state index in [9.17, 15) is 9.59 Å². The Hall–Kier alpha value is -4.41. The first kappa shape index (κ1) is 29.3. The Morgan fingerprint density at radius 3 is 2.69 bits per heavy atom. The number of rotatable bonds is 8. The molecule has 3 aromatic carbocycles. The highest BCUT2D eigenvalue weighted by Gasteiger charge is 2.35. The zero-order chi connectivity index (χ0) is 31.1. The van der Waals surface area contributed by atoms with Crippen molar-refractivity contribution in [1.82, 2.24) is 9.13 Å². The third-order valence-electron chi connectivity index (χ3n) is 7.98. The van der Waals surface area contributed by atoms with Gasteiger partial charge in [0, 0.05) is 33.7 Å². The molecular formula is C35H30BrN3O5S. The summed E-state index contributed by atoms with van der Waals surface area (Å²) in [6.07, 6.45) is 5.38. The van der Waals surface area contributed by atoms with Crippen molar-refractivity contribution in [2.24, 2.45) is 4.99 Å². The summed E-state index contributed by atoms with van der Waals surface area (Å²) in [6, 6.07) is 21.3. The monoisotopic (exact) mass is 683 g/mol. The van der Waals surface area contributed by atoms with Crippen LogP contribution in [0.3, 0.4) is 0 Å². The third kappa shape index (κ3) is 5.42. The van der Waals surface area contributed by atoms with Crippen LogP contribution in [0.5, 0.6) is 11.5 Å². The summed E-state index contributed by atoms with van der Waals surface area (Å²) in [5, 5.41) is 1.05. The number of fused-ring (bicyclic) bond motifs is 3. The maximum atomic E-state index is 14.3.